The maximum atomic E-state index is 10.7. The first-order valence-corrected chi connectivity index (χ1v) is 9.43. The molecular weight excluding hydrogens is 378 g/mol. The second-order valence-electron chi connectivity index (χ2n) is 6.87. The summed E-state index contributed by atoms with van der Waals surface area (Å²) in [6.45, 7) is -0.118. The third-order valence-corrected chi connectivity index (χ3v) is 4.96. The Labute approximate surface area is 171 Å². The molecule has 0 aliphatic heterocycles. The largest absolute Gasteiger partial charge is 0.480 e. The van der Waals surface area contributed by atoms with Gasteiger partial charge in [-0.3, -0.25) is 9.78 Å². The fourth-order valence-electron chi connectivity index (χ4n) is 3.50. The van der Waals surface area contributed by atoms with Gasteiger partial charge in [-0.15, -0.1) is 0 Å². The molecule has 0 atom stereocenters. The number of carboxylic acid groups (broad SMARTS) is 1. The van der Waals surface area contributed by atoms with Crippen LogP contribution >= 0.6 is 0 Å². The van der Waals surface area contributed by atoms with E-state index in [-0.39, 0.29) is 6.54 Å². The van der Waals surface area contributed by atoms with Crippen molar-refractivity contribution in [3.63, 3.8) is 0 Å². The minimum Gasteiger partial charge on any atom is -0.480 e. The Bertz CT molecular complexity index is 1370. The quantitative estimate of drug-likeness (QED) is 0.465. The van der Waals surface area contributed by atoms with Gasteiger partial charge in [0.05, 0.1) is 11.7 Å². The van der Waals surface area contributed by atoms with E-state index >= 15 is 0 Å². The lowest BCUT2D eigenvalue weighted by Gasteiger charge is -2.07. The second-order valence-corrected chi connectivity index (χ2v) is 6.87. The Morgan fingerprint density at radius 2 is 1.77 bits per heavy atom. The van der Waals surface area contributed by atoms with Crippen LogP contribution in [-0.4, -0.2) is 37.2 Å². The van der Waals surface area contributed by atoms with Gasteiger partial charge >= 0.3 is 5.97 Å². The Morgan fingerprint density at radius 1 is 0.933 bits per heavy atom. The van der Waals surface area contributed by atoms with Crippen LogP contribution in [0.4, 0.5) is 5.69 Å². The lowest BCUT2D eigenvalue weighted by atomic mass is 10.0. The summed E-state index contributed by atoms with van der Waals surface area (Å²) in [4.78, 5) is 19.8. The van der Waals surface area contributed by atoms with Crippen LogP contribution < -0.4 is 5.32 Å². The maximum Gasteiger partial charge on any atom is 0.322 e. The zero-order valence-corrected chi connectivity index (χ0v) is 15.9. The molecule has 7 nitrogen and oxygen atoms in total. The van der Waals surface area contributed by atoms with Crippen LogP contribution in [0, 0.1) is 0 Å². The average Bonchev–Trinajstić information content (AvgIpc) is 3.21. The molecule has 146 valence electrons. The van der Waals surface area contributed by atoms with Crippen LogP contribution in [0.1, 0.15) is 0 Å². The summed E-state index contributed by atoms with van der Waals surface area (Å²) in [5.74, 6) is -0.898. The first-order valence-electron chi connectivity index (χ1n) is 9.43. The van der Waals surface area contributed by atoms with Crippen molar-refractivity contribution in [3.05, 3.63) is 79.4 Å². The highest BCUT2D eigenvalue weighted by molar-refractivity contribution is 5.97. The van der Waals surface area contributed by atoms with Crippen molar-refractivity contribution in [2.45, 2.75) is 0 Å². The molecule has 0 spiro atoms. The Morgan fingerprint density at radius 3 is 2.60 bits per heavy atom. The SMILES string of the molecule is O=C(O)CNc1ccc(-c2cnc3c(-c4ccnc5ccccc45)cnn3c2)cc1. The van der Waals surface area contributed by atoms with Crippen molar-refractivity contribution in [2.24, 2.45) is 0 Å². The third kappa shape index (κ3) is 3.22. The summed E-state index contributed by atoms with van der Waals surface area (Å²) < 4.78 is 1.77. The molecule has 0 radical (unpaired) electrons. The number of pyridine rings is 1. The number of fused-ring (bicyclic) bond motifs is 2. The molecule has 0 saturated heterocycles. The molecule has 0 unspecified atom stereocenters. The lowest BCUT2D eigenvalue weighted by Crippen LogP contribution is -2.11. The van der Waals surface area contributed by atoms with E-state index in [0.29, 0.717) is 0 Å². The van der Waals surface area contributed by atoms with E-state index in [1.165, 1.54) is 0 Å². The summed E-state index contributed by atoms with van der Waals surface area (Å²) in [7, 11) is 0. The van der Waals surface area contributed by atoms with Crippen molar-refractivity contribution < 1.29 is 9.90 Å². The molecule has 2 aromatic carbocycles. The molecule has 2 N–H and O–H groups in total. The number of benzene rings is 2. The molecule has 3 heterocycles. The highest BCUT2D eigenvalue weighted by Crippen LogP contribution is 2.30. The average molecular weight is 395 g/mol. The van der Waals surface area contributed by atoms with Crippen molar-refractivity contribution >= 4 is 28.2 Å². The zero-order valence-electron chi connectivity index (χ0n) is 15.9. The van der Waals surface area contributed by atoms with E-state index < -0.39 is 5.97 Å². The number of carboxylic acids is 1. The normalized spacial score (nSPS) is 11.1. The van der Waals surface area contributed by atoms with Gasteiger partial charge in [-0.1, -0.05) is 30.3 Å². The van der Waals surface area contributed by atoms with E-state index in [1.54, 1.807) is 10.7 Å². The highest BCUT2D eigenvalue weighted by atomic mass is 16.4. The molecule has 3 aromatic heterocycles. The van der Waals surface area contributed by atoms with E-state index in [4.69, 9.17) is 5.11 Å². The van der Waals surface area contributed by atoms with Crippen LogP contribution in [0.2, 0.25) is 0 Å². The summed E-state index contributed by atoms with van der Waals surface area (Å²) in [6, 6.07) is 17.5. The van der Waals surface area contributed by atoms with Gasteiger partial charge in [0.1, 0.15) is 6.54 Å². The van der Waals surface area contributed by atoms with E-state index in [2.05, 4.69) is 26.4 Å². The fraction of sp³-hybridized carbons (Fsp3) is 0.0435. The lowest BCUT2D eigenvalue weighted by molar-refractivity contribution is -0.134. The van der Waals surface area contributed by atoms with Crippen LogP contribution in [0.5, 0.6) is 0 Å². The van der Waals surface area contributed by atoms with E-state index in [1.807, 2.05) is 67.1 Å². The maximum absolute atomic E-state index is 10.7. The molecule has 0 aliphatic rings. The Hall–Kier alpha value is -4.26. The predicted molar refractivity (Wildman–Crippen MR) is 115 cm³/mol. The van der Waals surface area contributed by atoms with Gasteiger partial charge in [0.2, 0.25) is 0 Å². The topological polar surface area (TPSA) is 92.4 Å². The van der Waals surface area contributed by atoms with Crippen molar-refractivity contribution in [1.29, 1.82) is 0 Å². The predicted octanol–water partition coefficient (Wildman–Crippen LogP) is 4.11. The summed E-state index contributed by atoms with van der Waals surface area (Å²) >= 11 is 0. The molecular formula is C23H17N5O2. The van der Waals surface area contributed by atoms with Gasteiger partial charge in [-0.25, -0.2) is 9.50 Å². The van der Waals surface area contributed by atoms with Crippen LogP contribution in [0.3, 0.4) is 0 Å². The molecule has 7 heteroatoms. The first-order chi connectivity index (χ1) is 14.7. The number of rotatable bonds is 5. The molecule has 0 aliphatic carbocycles. The first kappa shape index (κ1) is 17.8. The fourth-order valence-corrected chi connectivity index (χ4v) is 3.50. The van der Waals surface area contributed by atoms with Gasteiger partial charge in [0.25, 0.3) is 0 Å². The second kappa shape index (κ2) is 7.29. The van der Waals surface area contributed by atoms with Crippen molar-refractivity contribution in [1.82, 2.24) is 19.6 Å². The molecule has 0 fully saturated rings. The van der Waals surface area contributed by atoms with Gasteiger partial charge in [0, 0.05) is 40.8 Å². The summed E-state index contributed by atoms with van der Waals surface area (Å²) in [5, 5.41) is 17.2. The molecule has 30 heavy (non-hydrogen) atoms. The number of aliphatic carboxylic acids is 1. The van der Waals surface area contributed by atoms with Crippen molar-refractivity contribution in [2.75, 3.05) is 11.9 Å². The van der Waals surface area contributed by atoms with Gasteiger partial charge < -0.3 is 10.4 Å². The van der Waals surface area contributed by atoms with E-state index in [9.17, 15) is 4.79 Å². The zero-order chi connectivity index (χ0) is 20.5. The highest BCUT2D eigenvalue weighted by Gasteiger charge is 2.12. The standard InChI is InChI=1S/C23H17N5O2/c29-22(30)13-25-17-7-5-15(6-8-17)16-11-26-23-20(12-27-28(23)14-16)18-9-10-24-21-4-2-1-3-19(18)21/h1-12,14,25H,13H2,(H,29,30). The number of hydrogen-bond donors (Lipinski definition) is 2. The van der Waals surface area contributed by atoms with Crippen molar-refractivity contribution in [3.8, 4) is 22.3 Å². The third-order valence-electron chi connectivity index (χ3n) is 4.96. The van der Waals surface area contributed by atoms with Gasteiger partial charge in [-0.2, -0.15) is 5.10 Å². The van der Waals surface area contributed by atoms with Crippen LogP contribution in [-0.2, 0) is 4.79 Å². The van der Waals surface area contributed by atoms with Gasteiger partial charge in [-0.05, 0) is 35.4 Å². The minimum atomic E-state index is -0.898. The monoisotopic (exact) mass is 395 g/mol. The number of para-hydroxylation sites is 1. The Balaban J connectivity index is 1.50. The van der Waals surface area contributed by atoms with Gasteiger partial charge in [0.15, 0.2) is 5.65 Å². The summed E-state index contributed by atoms with van der Waals surface area (Å²) in [5.41, 5.74) is 6.34. The molecule has 0 bridgehead atoms. The van der Waals surface area contributed by atoms with Crippen LogP contribution in [0.25, 0.3) is 38.8 Å². The van der Waals surface area contributed by atoms with E-state index in [0.717, 1.165) is 44.5 Å². The molecule has 0 amide bonds. The van der Waals surface area contributed by atoms with Crippen LogP contribution in [0.15, 0.2) is 79.4 Å². The minimum absolute atomic E-state index is 0.118. The number of nitrogens with zero attached hydrogens (tertiary/aromatic N) is 4. The molecule has 0 saturated carbocycles. The number of nitrogens with one attached hydrogen (secondary N) is 1. The number of carbonyl (C=O) groups is 1. The number of hydrogen-bond acceptors (Lipinski definition) is 5. The number of aromatic nitrogens is 4. The summed E-state index contributed by atoms with van der Waals surface area (Å²) in [6.07, 6.45) is 7.39. The molecule has 5 rings (SSSR count). The smallest absolute Gasteiger partial charge is 0.322 e. The Kier molecular flexibility index (Phi) is 4.33. The molecule has 5 aromatic rings. The number of anilines is 1.